The molecule has 1 aliphatic rings. The van der Waals surface area contributed by atoms with Gasteiger partial charge in [-0.05, 0) is 6.42 Å². The quantitative estimate of drug-likeness (QED) is 0.894. The maximum Gasteiger partial charge on any atom is 0.260 e. The van der Waals surface area contributed by atoms with Gasteiger partial charge in [0.05, 0.1) is 0 Å². The van der Waals surface area contributed by atoms with Crippen LogP contribution in [0, 0.1) is 17.5 Å². The molecule has 1 aliphatic heterocycles. The number of amides is 2. The lowest BCUT2D eigenvalue weighted by molar-refractivity contribution is -0.127. The minimum Gasteiger partial charge on any atom is -0.353 e. The summed E-state index contributed by atoms with van der Waals surface area (Å²) in [5, 5.41) is 2.58. The van der Waals surface area contributed by atoms with Crippen molar-refractivity contribution in [3.63, 3.8) is 0 Å². The van der Waals surface area contributed by atoms with Crippen molar-refractivity contribution in [1.82, 2.24) is 10.2 Å². The lowest BCUT2D eigenvalue weighted by atomic mass is 10.1. The van der Waals surface area contributed by atoms with Crippen LogP contribution in [0.1, 0.15) is 23.7 Å². The summed E-state index contributed by atoms with van der Waals surface area (Å²) in [6.07, 6.45) is 0.321. The van der Waals surface area contributed by atoms with Gasteiger partial charge in [-0.25, -0.2) is 13.2 Å². The van der Waals surface area contributed by atoms with Crippen molar-refractivity contribution in [2.75, 3.05) is 13.1 Å². The van der Waals surface area contributed by atoms with Crippen molar-refractivity contribution in [2.24, 2.45) is 0 Å². The van der Waals surface area contributed by atoms with Crippen LogP contribution in [0.2, 0.25) is 0 Å². The molecule has 108 valence electrons. The van der Waals surface area contributed by atoms with Crippen LogP contribution in [-0.4, -0.2) is 35.8 Å². The minimum absolute atomic E-state index is 0.152. The van der Waals surface area contributed by atoms with Crippen LogP contribution >= 0.6 is 0 Å². The van der Waals surface area contributed by atoms with E-state index in [0.29, 0.717) is 18.6 Å². The van der Waals surface area contributed by atoms with E-state index in [1.165, 1.54) is 0 Å². The Balaban J connectivity index is 2.38. The van der Waals surface area contributed by atoms with Gasteiger partial charge in [0.25, 0.3) is 5.91 Å². The average Bonchev–Trinajstić information content (AvgIpc) is 2.37. The second-order valence-corrected chi connectivity index (χ2v) is 4.46. The molecule has 4 nitrogen and oxygen atoms in total. The molecule has 20 heavy (non-hydrogen) atoms. The van der Waals surface area contributed by atoms with Crippen LogP contribution in [0.25, 0.3) is 0 Å². The number of carbonyl (C=O) groups is 2. The first-order valence-corrected chi connectivity index (χ1v) is 6.19. The Bertz CT molecular complexity index is 540. The SMILES string of the molecule is CCC1C(=O)NCCN1C(=O)c1c(F)cc(F)cc1F. The second-order valence-electron chi connectivity index (χ2n) is 4.46. The van der Waals surface area contributed by atoms with Crippen molar-refractivity contribution in [2.45, 2.75) is 19.4 Å². The van der Waals surface area contributed by atoms with E-state index >= 15 is 0 Å². The molecule has 2 amide bonds. The van der Waals surface area contributed by atoms with Crippen molar-refractivity contribution in [3.8, 4) is 0 Å². The molecule has 0 aliphatic carbocycles. The van der Waals surface area contributed by atoms with E-state index in [2.05, 4.69) is 5.32 Å². The molecule has 0 saturated carbocycles. The highest BCUT2D eigenvalue weighted by Crippen LogP contribution is 2.20. The van der Waals surface area contributed by atoms with Crippen molar-refractivity contribution in [3.05, 3.63) is 35.1 Å². The number of carbonyl (C=O) groups excluding carboxylic acids is 2. The molecule has 7 heteroatoms. The van der Waals surface area contributed by atoms with Crippen molar-refractivity contribution >= 4 is 11.8 Å². The summed E-state index contributed by atoms with van der Waals surface area (Å²) >= 11 is 0. The van der Waals surface area contributed by atoms with Gasteiger partial charge in [0, 0.05) is 25.2 Å². The van der Waals surface area contributed by atoms with Gasteiger partial charge in [0.15, 0.2) is 0 Å². The number of halogens is 3. The summed E-state index contributed by atoms with van der Waals surface area (Å²) in [4.78, 5) is 25.0. The molecule has 1 fully saturated rings. The molecule has 2 rings (SSSR count). The van der Waals surface area contributed by atoms with Crippen LogP contribution in [0.15, 0.2) is 12.1 Å². The van der Waals surface area contributed by atoms with Crippen LogP contribution in [0.3, 0.4) is 0 Å². The zero-order chi connectivity index (χ0) is 14.9. The van der Waals surface area contributed by atoms with E-state index in [4.69, 9.17) is 0 Å². The smallest absolute Gasteiger partial charge is 0.260 e. The molecule has 1 N–H and O–H groups in total. The highest BCUT2D eigenvalue weighted by Gasteiger charge is 2.34. The second kappa shape index (κ2) is 5.52. The summed E-state index contributed by atoms with van der Waals surface area (Å²) in [5.74, 6) is -4.95. The Hall–Kier alpha value is -2.05. The van der Waals surface area contributed by atoms with E-state index in [9.17, 15) is 22.8 Å². The molecular weight excluding hydrogens is 273 g/mol. The van der Waals surface area contributed by atoms with Gasteiger partial charge in [0.1, 0.15) is 29.1 Å². The first-order valence-electron chi connectivity index (χ1n) is 6.19. The third-order valence-electron chi connectivity index (χ3n) is 3.20. The van der Waals surface area contributed by atoms with E-state index in [-0.39, 0.29) is 19.0 Å². The predicted octanol–water partition coefficient (Wildman–Crippen LogP) is 1.45. The monoisotopic (exact) mass is 286 g/mol. The van der Waals surface area contributed by atoms with Crippen LogP contribution in [0.4, 0.5) is 13.2 Å². The summed E-state index contributed by atoms with van der Waals surface area (Å²) in [6, 6.07) is 0.114. The number of benzene rings is 1. The van der Waals surface area contributed by atoms with Crippen LogP contribution < -0.4 is 5.32 Å². The fraction of sp³-hybridized carbons (Fsp3) is 0.385. The highest BCUT2D eigenvalue weighted by atomic mass is 19.1. The van der Waals surface area contributed by atoms with Crippen molar-refractivity contribution < 1.29 is 22.8 Å². The van der Waals surface area contributed by atoms with Crippen LogP contribution in [-0.2, 0) is 4.79 Å². The van der Waals surface area contributed by atoms with Gasteiger partial charge in [-0.1, -0.05) is 6.92 Å². The van der Waals surface area contributed by atoms with Gasteiger partial charge in [-0.15, -0.1) is 0 Å². The van der Waals surface area contributed by atoms with Crippen LogP contribution in [0.5, 0.6) is 0 Å². The Morgan fingerprint density at radius 3 is 2.50 bits per heavy atom. The largest absolute Gasteiger partial charge is 0.353 e. The van der Waals surface area contributed by atoms with Gasteiger partial charge in [-0.3, -0.25) is 9.59 Å². The molecule has 0 aromatic heterocycles. The number of hydrogen-bond acceptors (Lipinski definition) is 2. The summed E-state index contributed by atoms with van der Waals surface area (Å²) < 4.78 is 40.1. The minimum atomic E-state index is -1.27. The first kappa shape index (κ1) is 14.4. The molecule has 1 atom stereocenters. The van der Waals surface area contributed by atoms with E-state index < -0.39 is 35.0 Å². The molecule has 1 unspecified atom stereocenters. The molecule has 0 spiro atoms. The fourth-order valence-corrected chi connectivity index (χ4v) is 2.25. The number of nitrogens with one attached hydrogen (secondary N) is 1. The number of piperazine rings is 1. The molecule has 1 aromatic rings. The Labute approximate surface area is 113 Å². The maximum absolute atomic E-state index is 13.6. The van der Waals surface area contributed by atoms with Gasteiger partial charge in [-0.2, -0.15) is 0 Å². The van der Waals surface area contributed by atoms with Gasteiger partial charge in [0.2, 0.25) is 5.91 Å². The third kappa shape index (κ3) is 2.48. The lowest BCUT2D eigenvalue weighted by Crippen LogP contribution is -2.57. The zero-order valence-corrected chi connectivity index (χ0v) is 10.8. The Morgan fingerprint density at radius 2 is 1.95 bits per heavy atom. The van der Waals surface area contributed by atoms with E-state index in [1.54, 1.807) is 6.92 Å². The Kier molecular flexibility index (Phi) is 3.96. The molecule has 1 aromatic carbocycles. The van der Waals surface area contributed by atoms with E-state index in [0.717, 1.165) is 4.90 Å². The predicted molar refractivity (Wildman–Crippen MR) is 64.4 cm³/mol. The normalized spacial score (nSPS) is 18.9. The summed E-state index contributed by atoms with van der Waals surface area (Å²) in [5.41, 5.74) is -0.834. The summed E-state index contributed by atoms with van der Waals surface area (Å²) in [7, 11) is 0. The number of rotatable bonds is 2. The number of hydrogen-bond donors (Lipinski definition) is 1. The molecule has 0 bridgehead atoms. The topological polar surface area (TPSA) is 49.4 Å². The number of nitrogens with zero attached hydrogens (tertiary/aromatic N) is 1. The Morgan fingerprint density at radius 1 is 1.35 bits per heavy atom. The third-order valence-corrected chi connectivity index (χ3v) is 3.20. The molecular formula is C13H13F3N2O2. The zero-order valence-electron chi connectivity index (χ0n) is 10.8. The van der Waals surface area contributed by atoms with E-state index in [1.807, 2.05) is 0 Å². The van der Waals surface area contributed by atoms with Gasteiger partial charge < -0.3 is 10.2 Å². The maximum atomic E-state index is 13.6. The van der Waals surface area contributed by atoms with Crippen molar-refractivity contribution in [1.29, 1.82) is 0 Å². The average molecular weight is 286 g/mol. The van der Waals surface area contributed by atoms with Gasteiger partial charge >= 0.3 is 0 Å². The molecule has 1 heterocycles. The first-order chi connectivity index (χ1) is 9.45. The lowest BCUT2D eigenvalue weighted by Gasteiger charge is -2.34. The standard InChI is InChI=1S/C13H13F3N2O2/c1-2-10-12(19)17-3-4-18(10)13(20)11-8(15)5-7(14)6-9(11)16/h5-6,10H,2-4H2,1H3,(H,17,19). The fourth-order valence-electron chi connectivity index (χ4n) is 2.25. The highest BCUT2D eigenvalue weighted by molar-refractivity contribution is 5.98. The molecule has 1 saturated heterocycles. The molecule has 0 radical (unpaired) electrons. The summed E-state index contributed by atoms with van der Waals surface area (Å²) in [6.45, 7) is 2.05.